The molecule has 0 aromatic rings. The molecule has 0 aromatic carbocycles. The van der Waals surface area contributed by atoms with Crippen LogP contribution in [-0.4, -0.2) is 12.2 Å². The van der Waals surface area contributed by atoms with Gasteiger partial charge in [0.25, 0.3) is 0 Å². The van der Waals surface area contributed by atoms with E-state index < -0.39 is 0 Å². The minimum Gasteiger partial charge on any atom is -0.370 e. The molecule has 0 saturated carbocycles. The standard InChI is InChI=1S/C7H10O/c1-5-3-7(2)6(5)4-8-7/h3,6H,4H2,1-2H3/t6-,7+/m0/s1. The van der Waals surface area contributed by atoms with Crippen LogP contribution in [0.4, 0.5) is 0 Å². The van der Waals surface area contributed by atoms with Crippen molar-refractivity contribution in [1.82, 2.24) is 0 Å². The second-order valence-electron chi connectivity index (χ2n) is 2.94. The predicted octanol–water partition coefficient (Wildman–Crippen LogP) is 1.35. The molecular formula is C7H10O. The van der Waals surface area contributed by atoms with Crippen molar-refractivity contribution in [3.63, 3.8) is 0 Å². The Morgan fingerprint density at radius 2 is 2.62 bits per heavy atom. The molecule has 0 bridgehead atoms. The quantitative estimate of drug-likeness (QED) is 0.428. The molecule has 0 amide bonds. The van der Waals surface area contributed by atoms with Crippen molar-refractivity contribution >= 4 is 0 Å². The van der Waals surface area contributed by atoms with Crippen LogP contribution in [0, 0.1) is 5.92 Å². The summed E-state index contributed by atoms with van der Waals surface area (Å²) in [5, 5.41) is 0. The van der Waals surface area contributed by atoms with Gasteiger partial charge in [-0.25, -0.2) is 0 Å². The van der Waals surface area contributed by atoms with E-state index in [0.717, 1.165) is 12.5 Å². The fraction of sp³-hybridized carbons (Fsp3) is 0.714. The van der Waals surface area contributed by atoms with Crippen LogP contribution in [-0.2, 0) is 4.74 Å². The summed E-state index contributed by atoms with van der Waals surface area (Å²) in [5.74, 6) is 0.766. The fourth-order valence-corrected chi connectivity index (χ4v) is 1.61. The third kappa shape index (κ3) is 0.294. The summed E-state index contributed by atoms with van der Waals surface area (Å²) in [6, 6.07) is 0. The van der Waals surface area contributed by atoms with Crippen LogP contribution in [0.1, 0.15) is 13.8 Å². The van der Waals surface area contributed by atoms with Crippen molar-refractivity contribution in [1.29, 1.82) is 0 Å². The molecule has 0 aromatic heterocycles. The van der Waals surface area contributed by atoms with Gasteiger partial charge in [0.1, 0.15) is 0 Å². The molecule has 1 heteroatoms. The molecule has 0 N–H and O–H groups in total. The zero-order valence-corrected chi connectivity index (χ0v) is 5.27. The Kier molecular flexibility index (Phi) is 0.575. The van der Waals surface area contributed by atoms with Crippen molar-refractivity contribution in [2.45, 2.75) is 19.4 Å². The molecule has 2 aliphatic rings. The molecular weight excluding hydrogens is 100 g/mol. The van der Waals surface area contributed by atoms with Gasteiger partial charge in [0.2, 0.25) is 0 Å². The van der Waals surface area contributed by atoms with E-state index in [0.29, 0.717) is 0 Å². The van der Waals surface area contributed by atoms with Gasteiger partial charge in [0.05, 0.1) is 12.2 Å². The average Bonchev–Trinajstić information content (AvgIpc) is 1.64. The summed E-state index contributed by atoms with van der Waals surface area (Å²) < 4.78 is 5.31. The number of fused-ring (bicyclic) bond motifs is 1. The van der Waals surface area contributed by atoms with Gasteiger partial charge in [-0.3, -0.25) is 0 Å². The van der Waals surface area contributed by atoms with Crippen LogP contribution in [0.2, 0.25) is 0 Å². The fourth-order valence-electron chi connectivity index (χ4n) is 1.61. The number of rotatable bonds is 0. The summed E-state index contributed by atoms with van der Waals surface area (Å²) in [6.07, 6.45) is 2.21. The summed E-state index contributed by atoms with van der Waals surface area (Å²) in [5.41, 5.74) is 1.68. The van der Waals surface area contributed by atoms with E-state index in [2.05, 4.69) is 19.9 Å². The molecule has 44 valence electrons. The zero-order valence-electron chi connectivity index (χ0n) is 5.27. The normalized spacial score (nSPS) is 50.8. The highest BCUT2D eigenvalue weighted by Crippen LogP contribution is 2.47. The van der Waals surface area contributed by atoms with Crippen molar-refractivity contribution in [3.8, 4) is 0 Å². The van der Waals surface area contributed by atoms with E-state index in [1.54, 1.807) is 0 Å². The summed E-state index contributed by atoms with van der Waals surface area (Å²) in [4.78, 5) is 0. The predicted molar refractivity (Wildman–Crippen MR) is 31.6 cm³/mol. The smallest absolute Gasteiger partial charge is 0.0924 e. The number of hydrogen-bond donors (Lipinski definition) is 0. The van der Waals surface area contributed by atoms with Crippen LogP contribution < -0.4 is 0 Å². The highest BCUT2D eigenvalue weighted by atomic mass is 16.5. The third-order valence-electron chi connectivity index (χ3n) is 2.32. The molecule has 1 heterocycles. The molecule has 2 rings (SSSR count). The molecule has 0 radical (unpaired) electrons. The van der Waals surface area contributed by atoms with Crippen LogP contribution >= 0.6 is 0 Å². The summed E-state index contributed by atoms with van der Waals surface area (Å²) >= 11 is 0. The molecule has 1 aliphatic carbocycles. The van der Waals surface area contributed by atoms with E-state index in [4.69, 9.17) is 4.74 Å². The molecule has 1 fully saturated rings. The summed E-state index contributed by atoms with van der Waals surface area (Å²) in [7, 11) is 0. The van der Waals surface area contributed by atoms with Gasteiger partial charge in [-0.15, -0.1) is 0 Å². The van der Waals surface area contributed by atoms with E-state index in [-0.39, 0.29) is 5.60 Å². The van der Waals surface area contributed by atoms with Gasteiger partial charge in [0.15, 0.2) is 0 Å². The van der Waals surface area contributed by atoms with E-state index >= 15 is 0 Å². The van der Waals surface area contributed by atoms with Gasteiger partial charge in [-0.05, 0) is 13.8 Å². The van der Waals surface area contributed by atoms with Crippen molar-refractivity contribution in [3.05, 3.63) is 11.6 Å². The highest BCUT2D eigenvalue weighted by molar-refractivity contribution is 5.32. The lowest BCUT2D eigenvalue weighted by Gasteiger charge is -2.53. The summed E-state index contributed by atoms with van der Waals surface area (Å²) in [6.45, 7) is 5.28. The molecule has 1 saturated heterocycles. The van der Waals surface area contributed by atoms with Gasteiger partial charge in [-0.1, -0.05) is 11.6 Å². The second kappa shape index (κ2) is 1.01. The van der Waals surface area contributed by atoms with E-state index in [1.807, 2.05) is 0 Å². The first-order valence-corrected chi connectivity index (χ1v) is 3.06. The van der Waals surface area contributed by atoms with Gasteiger partial charge >= 0.3 is 0 Å². The van der Waals surface area contributed by atoms with Crippen LogP contribution in [0.3, 0.4) is 0 Å². The molecule has 8 heavy (non-hydrogen) atoms. The van der Waals surface area contributed by atoms with Crippen molar-refractivity contribution in [2.24, 2.45) is 5.92 Å². The first-order valence-electron chi connectivity index (χ1n) is 3.06. The monoisotopic (exact) mass is 110 g/mol. The first-order chi connectivity index (χ1) is 3.72. The topological polar surface area (TPSA) is 9.23 Å². The van der Waals surface area contributed by atoms with E-state index in [9.17, 15) is 0 Å². The zero-order chi connectivity index (χ0) is 5.78. The van der Waals surface area contributed by atoms with Crippen LogP contribution in [0.5, 0.6) is 0 Å². The lowest BCUT2D eigenvalue weighted by atomic mass is 9.69. The SMILES string of the molecule is CC1=C[C@@]2(C)OC[C@@H]12. The van der Waals surface area contributed by atoms with Crippen molar-refractivity contribution in [2.75, 3.05) is 6.61 Å². The van der Waals surface area contributed by atoms with Gasteiger partial charge in [0, 0.05) is 5.92 Å². The Hall–Kier alpha value is -0.300. The Labute approximate surface area is 49.3 Å². The number of hydrogen-bond acceptors (Lipinski definition) is 1. The van der Waals surface area contributed by atoms with Gasteiger partial charge in [-0.2, -0.15) is 0 Å². The Bertz CT molecular complexity index is 160. The Balaban J connectivity index is 2.29. The maximum absolute atomic E-state index is 5.31. The maximum Gasteiger partial charge on any atom is 0.0924 e. The second-order valence-corrected chi connectivity index (χ2v) is 2.94. The Morgan fingerprint density at radius 3 is 2.62 bits per heavy atom. The van der Waals surface area contributed by atoms with Gasteiger partial charge < -0.3 is 4.74 Å². The Morgan fingerprint density at radius 1 is 1.88 bits per heavy atom. The largest absolute Gasteiger partial charge is 0.370 e. The highest BCUT2D eigenvalue weighted by Gasteiger charge is 2.50. The first kappa shape index (κ1) is 4.57. The molecule has 0 unspecified atom stereocenters. The van der Waals surface area contributed by atoms with Crippen LogP contribution in [0.15, 0.2) is 11.6 Å². The lowest BCUT2D eigenvalue weighted by molar-refractivity contribution is -0.165. The van der Waals surface area contributed by atoms with E-state index in [1.165, 1.54) is 5.57 Å². The van der Waals surface area contributed by atoms with Crippen LogP contribution in [0.25, 0.3) is 0 Å². The van der Waals surface area contributed by atoms with Crippen molar-refractivity contribution < 1.29 is 4.74 Å². The molecule has 0 spiro atoms. The lowest BCUT2D eigenvalue weighted by Crippen LogP contribution is -2.56. The average molecular weight is 110 g/mol. The molecule has 2 atom stereocenters. The minimum absolute atomic E-state index is 0.171. The minimum atomic E-state index is 0.171. The third-order valence-corrected chi connectivity index (χ3v) is 2.32. The molecule has 1 aliphatic heterocycles. The maximum atomic E-state index is 5.31. The number of ether oxygens (including phenoxy) is 1. The molecule has 1 nitrogen and oxygen atoms in total.